The number of piperidine rings is 1. The minimum Gasteiger partial charge on any atom is -0.493 e. The second-order valence-corrected chi connectivity index (χ2v) is 6.11. The largest absolute Gasteiger partial charge is 0.493 e. The summed E-state index contributed by atoms with van der Waals surface area (Å²) < 4.78 is 5.65. The highest BCUT2D eigenvalue weighted by Gasteiger charge is 2.29. The Bertz CT molecular complexity index is 479. The van der Waals surface area contributed by atoms with E-state index in [-0.39, 0.29) is 11.4 Å². The van der Waals surface area contributed by atoms with E-state index in [4.69, 9.17) is 4.74 Å². The van der Waals surface area contributed by atoms with Crippen molar-refractivity contribution < 1.29 is 9.53 Å². The van der Waals surface area contributed by atoms with E-state index in [0.717, 1.165) is 31.7 Å². The highest BCUT2D eigenvalue weighted by molar-refractivity contribution is 5.76. The third kappa shape index (κ3) is 4.46. The SMILES string of the molecule is CNC1(C)CCN(C(=O)CCOc2cccc(C)c2)CC1. The van der Waals surface area contributed by atoms with Crippen LogP contribution in [0.3, 0.4) is 0 Å². The minimum absolute atomic E-state index is 0.175. The molecule has 1 saturated heterocycles. The number of rotatable bonds is 5. The number of nitrogens with one attached hydrogen (secondary N) is 1. The van der Waals surface area contributed by atoms with Gasteiger partial charge in [0, 0.05) is 18.6 Å². The summed E-state index contributed by atoms with van der Waals surface area (Å²) in [6, 6.07) is 7.92. The van der Waals surface area contributed by atoms with Gasteiger partial charge in [-0.25, -0.2) is 0 Å². The lowest BCUT2D eigenvalue weighted by molar-refractivity contribution is -0.133. The fourth-order valence-electron chi connectivity index (χ4n) is 2.62. The lowest BCUT2D eigenvalue weighted by atomic mass is 9.90. The van der Waals surface area contributed by atoms with Gasteiger partial charge in [0.25, 0.3) is 0 Å². The van der Waals surface area contributed by atoms with Crippen LogP contribution in [0.5, 0.6) is 5.75 Å². The zero-order chi connectivity index (χ0) is 15.3. The summed E-state index contributed by atoms with van der Waals surface area (Å²) in [6.45, 7) is 6.36. The molecule has 1 amide bonds. The first-order chi connectivity index (χ1) is 10.0. The van der Waals surface area contributed by atoms with Gasteiger partial charge >= 0.3 is 0 Å². The molecule has 0 aliphatic carbocycles. The Kier molecular flexibility index (Phi) is 5.23. The van der Waals surface area contributed by atoms with Crippen molar-refractivity contribution in [2.75, 3.05) is 26.7 Å². The number of likely N-dealkylation sites (tertiary alicyclic amines) is 1. The number of carbonyl (C=O) groups excluding carboxylic acids is 1. The van der Waals surface area contributed by atoms with Crippen LogP contribution < -0.4 is 10.1 Å². The number of aryl methyl sites for hydroxylation is 1. The molecule has 0 bridgehead atoms. The van der Waals surface area contributed by atoms with Crippen LogP contribution >= 0.6 is 0 Å². The van der Waals surface area contributed by atoms with Crippen LogP contribution in [-0.4, -0.2) is 43.1 Å². The molecule has 1 aliphatic rings. The molecule has 1 N–H and O–H groups in total. The van der Waals surface area contributed by atoms with Crippen LogP contribution in [0, 0.1) is 6.92 Å². The van der Waals surface area contributed by atoms with Crippen molar-refractivity contribution in [2.24, 2.45) is 0 Å². The number of hydrogen-bond acceptors (Lipinski definition) is 3. The molecule has 4 nitrogen and oxygen atoms in total. The maximum atomic E-state index is 12.2. The van der Waals surface area contributed by atoms with Gasteiger partial charge in [0.15, 0.2) is 0 Å². The van der Waals surface area contributed by atoms with Gasteiger partial charge in [-0.3, -0.25) is 4.79 Å². The summed E-state index contributed by atoms with van der Waals surface area (Å²) >= 11 is 0. The highest BCUT2D eigenvalue weighted by Crippen LogP contribution is 2.21. The topological polar surface area (TPSA) is 41.6 Å². The Labute approximate surface area is 127 Å². The molecule has 0 unspecified atom stereocenters. The molecule has 2 rings (SSSR count). The lowest BCUT2D eigenvalue weighted by Crippen LogP contribution is -2.51. The molecule has 0 radical (unpaired) electrons. The van der Waals surface area contributed by atoms with Crippen molar-refractivity contribution in [1.82, 2.24) is 10.2 Å². The van der Waals surface area contributed by atoms with E-state index < -0.39 is 0 Å². The first kappa shape index (κ1) is 15.8. The normalized spacial score (nSPS) is 17.6. The molecule has 0 spiro atoms. The number of nitrogens with zero attached hydrogens (tertiary/aromatic N) is 1. The van der Waals surface area contributed by atoms with Crippen LogP contribution in [-0.2, 0) is 4.79 Å². The van der Waals surface area contributed by atoms with Gasteiger partial charge in [0.2, 0.25) is 5.91 Å². The molecule has 0 aromatic heterocycles. The maximum Gasteiger partial charge on any atom is 0.225 e. The third-order valence-electron chi connectivity index (χ3n) is 4.40. The number of benzene rings is 1. The molecule has 21 heavy (non-hydrogen) atoms. The molecular formula is C17H26N2O2. The van der Waals surface area contributed by atoms with Gasteiger partial charge in [0.1, 0.15) is 5.75 Å². The van der Waals surface area contributed by atoms with Gasteiger partial charge in [-0.15, -0.1) is 0 Å². The molecule has 1 aromatic rings. The lowest BCUT2D eigenvalue weighted by Gasteiger charge is -2.39. The fraction of sp³-hybridized carbons (Fsp3) is 0.588. The third-order valence-corrected chi connectivity index (χ3v) is 4.40. The predicted molar refractivity (Wildman–Crippen MR) is 84.6 cm³/mol. The monoisotopic (exact) mass is 290 g/mol. The van der Waals surface area contributed by atoms with Crippen molar-refractivity contribution in [3.8, 4) is 5.75 Å². The van der Waals surface area contributed by atoms with E-state index in [9.17, 15) is 4.79 Å². The molecule has 1 fully saturated rings. The van der Waals surface area contributed by atoms with Gasteiger partial charge < -0.3 is 15.0 Å². The zero-order valence-electron chi connectivity index (χ0n) is 13.3. The van der Waals surface area contributed by atoms with Crippen molar-refractivity contribution >= 4 is 5.91 Å². The number of hydrogen-bond donors (Lipinski definition) is 1. The molecule has 4 heteroatoms. The molecule has 0 atom stereocenters. The average Bonchev–Trinajstić information content (AvgIpc) is 2.48. The van der Waals surface area contributed by atoms with E-state index in [1.807, 2.05) is 43.1 Å². The summed E-state index contributed by atoms with van der Waals surface area (Å²) in [5.41, 5.74) is 1.34. The van der Waals surface area contributed by atoms with E-state index in [1.54, 1.807) is 0 Å². The van der Waals surface area contributed by atoms with Gasteiger partial charge in [-0.2, -0.15) is 0 Å². The van der Waals surface area contributed by atoms with Crippen LogP contribution in [0.2, 0.25) is 0 Å². The molecule has 1 aliphatic heterocycles. The number of amides is 1. The van der Waals surface area contributed by atoms with Crippen molar-refractivity contribution in [1.29, 1.82) is 0 Å². The van der Waals surface area contributed by atoms with Crippen LogP contribution in [0.25, 0.3) is 0 Å². The minimum atomic E-state index is 0.175. The van der Waals surface area contributed by atoms with E-state index >= 15 is 0 Å². The Morgan fingerprint density at radius 2 is 2.10 bits per heavy atom. The van der Waals surface area contributed by atoms with Crippen LogP contribution in [0.4, 0.5) is 0 Å². The fourth-order valence-corrected chi connectivity index (χ4v) is 2.62. The van der Waals surface area contributed by atoms with Gasteiger partial charge in [-0.1, -0.05) is 12.1 Å². The summed E-state index contributed by atoms with van der Waals surface area (Å²) in [5, 5.41) is 3.35. The molecule has 1 heterocycles. The van der Waals surface area contributed by atoms with Gasteiger partial charge in [-0.05, 0) is 51.4 Å². The van der Waals surface area contributed by atoms with Crippen molar-refractivity contribution in [2.45, 2.75) is 38.6 Å². The van der Waals surface area contributed by atoms with Crippen molar-refractivity contribution in [3.63, 3.8) is 0 Å². The first-order valence-electron chi connectivity index (χ1n) is 7.69. The van der Waals surface area contributed by atoms with E-state index in [0.29, 0.717) is 13.0 Å². The Morgan fingerprint density at radius 1 is 1.38 bits per heavy atom. The van der Waals surface area contributed by atoms with E-state index in [2.05, 4.69) is 12.2 Å². The standard InChI is InChI=1S/C17H26N2O2/c1-14-5-4-6-15(13-14)21-12-7-16(20)19-10-8-17(2,18-3)9-11-19/h4-6,13,18H,7-12H2,1-3H3. The summed E-state index contributed by atoms with van der Waals surface area (Å²) in [6.07, 6.45) is 2.46. The van der Waals surface area contributed by atoms with Crippen LogP contribution in [0.1, 0.15) is 31.7 Å². The second-order valence-electron chi connectivity index (χ2n) is 6.11. The summed E-state index contributed by atoms with van der Waals surface area (Å²) in [4.78, 5) is 14.1. The molecule has 116 valence electrons. The first-order valence-corrected chi connectivity index (χ1v) is 7.69. The second kappa shape index (κ2) is 6.94. The molecule has 1 aromatic carbocycles. The van der Waals surface area contributed by atoms with Gasteiger partial charge in [0.05, 0.1) is 13.0 Å². The maximum absolute atomic E-state index is 12.2. The number of ether oxygens (including phenoxy) is 1. The summed E-state index contributed by atoms with van der Waals surface area (Å²) in [5.74, 6) is 1.03. The number of carbonyl (C=O) groups is 1. The average molecular weight is 290 g/mol. The zero-order valence-corrected chi connectivity index (χ0v) is 13.3. The quantitative estimate of drug-likeness (QED) is 0.905. The Morgan fingerprint density at radius 3 is 2.71 bits per heavy atom. The Hall–Kier alpha value is -1.55. The van der Waals surface area contributed by atoms with Crippen molar-refractivity contribution in [3.05, 3.63) is 29.8 Å². The molecule has 0 saturated carbocycles. The Balaban J connectivity index is 1.73. The van der Waals surface area contributed by atoms with Crippen LogP contribution in [0.15, 0.2) is 24.3 Å². The van der Waals surface area contributed by atoms with E-state index in [1.165, 1.54) is 5.56 Å². The predicted octanol–water partition coefficient (Wildman–Crippen LogP) is 2.36. The summed E-state index contributed by atoms with van der Waals surface area (Å²) in [7, 11) is 1.99. The molecular weight excluding hydrogens is 264 g/mol. The smallest absolute Gasteiger partial charge is 0.225 e. The highest BCUT2D eigenvalue weighted by atomic mass is 16.5.